The summed E-state index contributed by atoms with van der Waals surface area (Å²) >= 11 is 0. The molecule has 2 heterocycles. The van der Waals surface area contributed by atoms with Crippen molar-refractivity contribution < 1.29 is 4.39 Å². The molecule has 3 nitrogen and oxygen atoms in total. The summed E-state index contributed by atoms with van der Waals surface area (Å²) in [6, 6.07) is 3.11. The smallest absolute Gasteiger partial charge is 0.141 e. The quantitative estimate of drug-likeness (QED) is 0.779. The molecule has 0 aromatic carbocycles. The molecule has 1 saturated heterocycles. The molecule has 0 radical (unpaired) electrons. The number of nitrogens with zero attached hydrogens (tertiary/aromatic N) is 1. The van der Waals surface area contributed by atoms with Crippen molar-refractivity contribution in [1.82, 2.24) is 10.3 Å². The van der Waals surface area contributed by atoms with E-state index in [9.17, 15) is 4.39 Å². The van der Waals surface area contributed by atoms with Gasteiger partial charge in [0.25, 0.3) is 0 Å². The summed E-state index contributed by atoms with van der Waals surface area (Å²) < 4.78 is 12.7. The minimum absolute atomic E-state index is 0.0794. The zero-order chi connectivity index (χ0) is 10.7. The molecule has 0 saturated carbocycles. The van der Waals surface area contributed by atoms with E-state index in [2.05, 4.69) is 22.5 Å². The van der Waals surface area contributed by atoms with Gasteiger partial charge in [-0.1, -0.05) is 0 Å². The molecular formula is C11H16FN3. The van der Waals surface area contributed by atoms with Gasteiger partial charge < -0.3 is 10.6 Å². The highest BCUT2D eigenvalue weighted by Crippen LogP contribution is 2.22. The van der Waals surface area contributed by atoms with E-state index in [1.165, 1.54) is 12.3 Å². The molecule has 15 heavy (non-hydrogen) atoms. The van der Waals surface area contributed by atoms with Crippen molar-refractivity contribution in [3.8, 4) is 0 Å². The van der Waals surface area contributed by atoms with E-state index in [-0.39, 0.29) is 11.4 Å². The van der Waals surface area contributed by atoms with Crippen LogP contribution in [0.5, 0.6) is 0 Å². The van der Waals surface area contributed by atoms with E-state index >= 15 is 0 Å². The van der Waals surface area contributed by atoms with E-state index in [1.54, 1.807) is 6.07 Å². The maximum atomic E-state index is 12.7. The van der Waals surface area contributed by atoms with Crippen molar-refractivity contribution in [2.45, 2.75) is 25.3 Å². The monoisotopic (exact) mass is 209 g/mol. The lowest BCUT2D eigenvalue weighted by atomic mass is 9.91. The van der Waals surface area contributed by atoms with Crippen molar-refractivity contribution in [2.75, 3.05) is 18.4 Å². The van der Waals surface area contributed by atoms with Crippen LogP contribution in [0.2, 0.25) is 0 Å². The van der Waals surface area contributed by atoms with Crippen molar-refractivity contribution in [2.24, 2.45) is 0 Å². The molecule has 82 valence electrons. The first kappa shape index (κ1) is 10.4. The van der Waals surface area contributed by atoms with Crippen LogP contribution >= 0.6 is 0 Å². The van der Waals surface area contributed by atoms with Crippen molar-refractivity contribution in [3.05, 3.63) is 24.1 Å². The maximum Gasteiger partial charge on any atom is 0.141 e. The highest BCUT2D eigenvalue weighted by molar-refractivity contribution is 5.37. The number of aromatic nitrogens is 1. The minimum atomic E-state index is -0.295. The minimum Gasteiger partial charge on any atom is -0.365 e. The summed E-state index contributed by atoms with van der Waals surface area (Å²) in [6.45, 7) is 4.22. The van der Waals surface area contributed by atoms with Gasteiger partial charge in [-0.2, -0.15) is 0 Å². The Bertz CT molecular complexity index is 317. The first-order chi connectivity index (χ1) is 7.18. The van der Waals surface area contributed by atoms with Gasteiger partial charge in [0.1, 0.15) is 11.6 Å². The number of hydrogen-bond acceptors (Lipinski definition) is 3. The number of anilines is 1. The van der Waals surface area contributed by atoms with Gasteiger partial charge in [0.15, 0.2) is 0 Å². The normalized spacial score (nSPS) is 19.9. The molecule has 1 fully saturated rings. The first-order valence-corrected chi connectivity index (χ1v) is 5.28. The van der Waals surface area contributed by atoms with Gasteiger partial charge in [0.05, 0.1) is 6.20 Å². The third-order valence-electron chi connectivity index (χ3n) is 2.86. The number of pyridine rings is 1. The average molecular weight is 209 g/mol. The second-order valence-electron chi connectivity index (χ2n) is 4.30. The van der Waals surface area contributed by atoms with Gasteiger partial charge >= 0.3 is 0 Å². The Kier molecular flexibility index (Phi) is 2.86. The molecule has 1 aliphatic rings. The molecule has 1 aromatic rings. The van der Waals surface area contributed by atoms with Gasteiger partial charge in [0, 0.05) is 5.54 Å². The largest absolute Gasteiger partial charge is 0.365 e. The van der Waals surface area contributed by atoms with Crippen molar-refractivity contribution >= 4 is 5.82 Å². The Morgan fingerprint density at radius 1 is 1.40 bits per heavy atom. The summed E-state index contributed by atoms with van der Waals surface area (Å²) in [5, 5.41) is 6.68. The number of halogens is 1. The molecule has 1 aromatic heterocycles. The van der Waals surface area contributed by atoms with Gasteiger partial charge in [-0.25, -0.2) is 9.37 Å². The fraction of sp³-hybridized carbons (Fsp3) is 0.545. The van der Waals surface area contributed by atoms with Crippen molar-refractivity contribution in [1.29, 1.82) is 0 Å². The lowest BCUT2D eigenvalue weighted by molar-refractivity contribution is 0.364. The highest BCUT2D eigenvalue weighted by atomic mass is 19.1. The number of piperidine rings is 1. The molecule has 0 amide bonds. The number of hydrogen-bond donors (Lipinski definition) is 2. The molecule has 0 spiro atoms. The summed E-state index contributed by atoms with van der Waals surface area (Å²) in [5.41, 5.74) is 0.0794. The molecule has 2 rings (SSSR count). The molecule has 0 unspecified atom stereocenters. The van der Waals surface area contributed by atoms with E-state index in [4.69, 9.17) is 0 Å². The Morgan fingerprint density at radius 3 is 2.73 bits per heavy atom. The second kappa shape index (κ2) is 4.14. The molecule has 0 bridgehead atoms. The van der Waals surface area contributed by atoms with E-state index < -0.39 is 0 Å². The Labute approximate surface area is 89.1 Å². The third kappa shape index (κ3) is 2.65. The summed E-state index contributed by atoms with van der Waals surface area (Å²) in [7, 11) is 0. The number of rotatable bonds is 2. The Hall–Kier alpha value is -1.16. The van der Waals surface area contributed by atoms with E-state index in [1.807, 2.05) is 0 Å². The van der Waals surface area contributed by atoms with E-state index in [0.717, 1.165) is 31.7 Å². The predicted molar refractivity (Wildman–Crippen MR) is 58.3 cm³/mol. The molecule has 0 aliphatic carbocycles. The van der Waals surface area contributed by atoms with Crippen molar-refractivity contribution in [3.63, 3.8) is 0 Å². The zero-order valence-corrected chi connectivity index (χ0v) is 8.89. The summed E-state index contributed by atoms with van der Waals surface area (Å²) in [5.74, 6) is 0.455. The van der Waals surface area contributed by atoms with Gasteiger partial charge in [-0.3, -0.25) is 0 Å². The van der Waals surface area contributed by atoms with E-state index in [0.29, 0.717) is 0 Å². The molecule has 1 aliphatic heterocycles. The lowest BCUT2D eigenvalue weighted by Gasteiger charge is -2.35. The Morgan fingerprint density at radius 2 is 2.13 bits per heavy atom. The van der Waals surface area contributed by atoms with Crippen LogP contribution < -0.4 is 10.6 Å². The molecule has 0 atom stereocenters. The molecule has 2 N–H and O–H groups in total. The van der Waals surface area contributed by atoms with Crippen LogP contribution in [0.3, 0.4) is 0 Å². The number of nitrogens with one attached hydrogen (secondary N) is 2. The topological polar surface area (TPSA) is 37.0 Å². The first-order valence-electron chi connectivity index (χ1n) is 5.28. The maximum absolute atomic E-state index is 12.7. The van der Waals surface area contributed by atoms with Crippen LogP contribution in [0, 0.1) is 5.82 Å². The lowest BCUT2D eigenvalue weighted by Crippen LogP contribution is -2.45. The average Bonchev–Trinajstić information content (AvgIpc) is 2.22. The van der Waals surface area contributed by atoms with Gasteiger partial charge in [-0.05, 0) is 45.0 Å². The SMILES string of the molecule is CC1(Nc2ccc(F)cn2)CCNCC1. The Balaban J connectivity index is 2.03. The standard InChI is InChI=1S/C11H16FN3/c1-11(4-6-13-7-5-11)15-10-3-2-9(12)8-14-10/h2-3,8,13H,4-7H2,1H3,(H,14,15). The highest BCUT2D eigenvalue weighted by Gasteiger charge is 2.26. The summed E-state index contributed by atoms with van der Waals surface area (Å²) in [4.78, 5) is 4.01. The molecular weight excluding hydrogens is 193 g/mol. The second-order valence-corrected chi connectivity index (χ2v) is 4.30. The third-order valence-corrected chi connectivity index (χ3v) is 2.86. The molecule has 4 heteroatoms. The zero-order valence-electron chi connectivity index (χ0n) is 8.89. The van der Waals surface area contributed by atoms with Crippen LogP contribution in [0.1, 0.15) is 19.8 Å². The van der Waals surface area contributed by atoms with Gasteiger partial charge in [-0.15, -0.1) is 0 Å². The van der Waals surface area contributed by atoms with Crippen LogP contribution in [0.15, 0.2) is 18.3 Å². The van der Waals surface area contributed by atoms with Crippen LogP contribution in [0.25, 0.3) is 0 Å². The summed E-state index contributed by atoms with van der Waals surface area (Å²) in [6.07, 6.45) is 3.37. The fourth-order valence-corrected chi connectivity index (χ4v) is 1.86. The van der Waals surface area contributed by atoms with Gasteiger partial charge in [0.2, 0.25) is 0 Å². The van der Waals surface area contributed by atoms with Crippen LogP contribution in [0.4, 0.5) is 10.2 Å². The fourth-order valence-electron chi connectivity index (χ4n) is 1.86. The van der Waals surface area contributed by atoms with Crippen LogP contribution in [-0.2, 0) is 0 Å². The van der Waals surface area contributed by atoms with Crippen LogP contribution in [-0.4, -0.2) is 23.6 Å². The predicted octanol–water partition coefficient (Wildman–Crippen LogP) is 1.77.